The first-order valence-corrected chi connectivity index (χ1v) is 8.81. The zero-order valence-electron chi connectivity index (χ0n) is 12.2. The lowest BCUT2D eigenvalue weighted by Gasteiger charge is -2.40. The molecule has 2 aliphatic rings. The van der Waals surface area contributed by atoms with Gasteiger partial charge in [-0.3, -0.25) is 9.80 Å². The highest BCUT2D eigenvalue weighted by atomic mass is 79.9. The molecular formula is C17H25BrN2. The van der Waals surface area contributed by atoms with E-state index in [0.717, 1.165) is 12.6 Å². The van der Waals surface area contributed by atoms with Crippen molar-refractivity contribution in [1.82, 2.24) is 9.80 Å². The Kier molecular flexibility index (Phi) is 5.14. The molecule has 0 atom stereocenters. The minimum Gasteiger partial charge on any atom is -0.298 e. The van der Waals surface area contributed by atoms with Crippen LogP contribution in [0.1, 0.15) is 37.7 Å². The van der Waals surface area contributed by atoms with E-state index in [4.69, 9.17) is 0 Å². The van der Waals surface area contributed by atoms with Gasteiger partial charge in [-0.1, -0.05) is 47.3 Å². The molecule has 1 aliphatic heterocycles. The number of rotatable bonds is 3. The van der Waals surface area contributed by atoms with E-state index in [1.54, 1.807) is 0 Å². The Bertz CT molecular complexity index is 404. The second kappa shape index (κ2) is 7.06. The van der Waals surface area contributed by atoms with Gasteiger partial charge in [0.2, 0.25) is 0 Å². The van der Waals surface area contributed by atoms with E-state index >= 15 is 0 Å². The smallest absolute Gasteiger partial charge is 0.0234 e. The van der Waals surface area contributed by atoms with Crippen LogP contribution in [-0.4, -0.2) is 42.0 Å². The SMILES string of the molecule is Brc1ccc(CN2CCN(C3CCCCC3)CC2)cc1. The Labute approximate surface area is 131 Å². The van der Waals surface area contributed by atoms with Gasteiger partial charge in [-0.2, -0.15) is 0 Å². The predicted molar refractivity (Wildman–Crippen MR) is 87.9 cm³/mol. The van der Waals surface area contributed by atoms with Crippen molar-refractivity contribution in [3.05, 3.63) is 34.3 Å². The number of hydrogen-bond donors (Lipinski definition) is 0. The van der Waals surface area contributed by atoms with Crippen molar-refractivity contribution in [2.24, 2.45) is 0 Å². The quantitative estimate of drug-likeness (QED) is 0.825. The first-order chi connectivity index (χ1) is 9.81. The summed E-state index contributed by atoms with van der Waals surface area (Å²) in [5.41, 5.74) is 1.43. The van der Waals surface area contributed by atoms with Crippen molar-refractivity contribution in [3.8, 4) is 0 Å². The second-order valence-electron chi connectivity index (χ2n) is 6.23. The Morgan fingerprint density at radius 1 is 0.900 bits per heavy atom. The lowest BCUT2D eigenvalue weighted by Crippen LogP contribution is -2.50. The molecule has 1 saturated heterocycles. The summed E-state index contributed by atoms with van der Waals surface area (Å²) in [6.07, 6.45) is 7.23. The van der Waals surface area contributed by atoms with Crippen LogP contribution in [0.25, 0.3) is 0 Å². The molecule has 1 aliphatic carbocycles. The molecule has 1 heterocycles. The highest BCUT2D eigenvalue weighted by Gasteiger charge is 2.24. The monoisotopic (exact) mass is 336 g/mol. The molecule has 2 fully saturated rings. The van der Waals surface area contributed by atoms with E-state index < -0.39 is 0 Å². The van der Waals surface area contributed by atoms with Gasteiger partial charge in [0.25, 0.3) is 0 Å². The van der Waals surface area contributed by atoms with Gasteiger partial charge >= 0.3 is 0 Å². The van der Waals surface area contributed by atoms with Crippen LogP contribution in [0, 0.1) is 0 Å². The van der Waals surface area contributed by atoms with Crippen LogP contribution in [0.3, 0.4) is 0 Å². The standard InChI is InChI=1S/C17H25BrN2/c18-16-8-6-15(7-9-16)14-19-10-12-20(13-11-19)17-4-2-1-3-5-17/h6-9,17H,1-5,10-14H2. The number of nitrogens with zero attached hydrogens (tertiary/aromatic N) is 2. The minimum absolute atomic E-state index is 0.888. The minimum atomic E-state index is 0.888. The van der Waals surface area contributed by atoms with Crippen LogP contribution in [0.5, 0.6) is 0 Å². The average Bonchev–Trinajstić information content (AvgIpc) is 2.51. The highest BCUT2D eigenvalue weighted by Crippen LogP contribution is 2.23. The normalized spacial score (nSPS) is 23.1. The van der Waals surface area contributed by atoms with Crippen LogP contribution in [0.4, 0.5) is 0 Å². The molecule has 1 saturated carbocycles. The summed E-state index contributed by atoms with van der Waals surface area (Å²) in [5, 5.41) is 0. The number of halogens is 1. The molecule has 1 aromatic rings. The molecule has 0 amide bonds. The summed E-state index contributed by atoms with van der Waals surface area (Å²) >= 11 is 3.50. The summed E-state index contributed by atoms with van der Waals surface area (Å²) in [6.45, 7) is 6.09. The van der Waals surface area contributed by atoms with Crippen LogP contribution in [0.2, 0.25) is 0 Å². The Balaban J connectivity index is 1.47. The zero-order chi connectivity index (χ0) is 13.8. The molecule has 2 nitrogen and oxygen atoms in total. The molecule has 20 heavy (non-hydrogen) atoms. The fraction of sp³-hybridized carbons (Fsp3) is 0.647. The number of hydrogen-bond acceptors (Lipinski definition) is 2. The van der Waals surface area contributed by atoms with Gasteiger partial charge in [-0.05, 0) is 30.5 Å². The maximum atomic E-state index is 3.50. The number of benzene rings is 1. The average molecular weight is 337 g/mol. The van der Waals surface area contributed by atoms with Crippen molar-refractivity contribution in [2.75, 3.05) is 26.2 Å². The van der Waals surface area contributed by atoms with Crippen LogP contribution in [-0.2, 0) is 6.54 Å². The summed E-state index contributed by atoms with van der Waals surface area (Å²) < 4.78 is 1.17. The molecule has 0 N–H and O–H groups in total. The van der Waals surface area contributed by atoms with Gasteiger partial charge in [0.05, 0.1) is 0 Å². The number of piperazine rings is 1. The van der Waals surface area contributed by atoms with E-state index in [2.05, 4.69) is 50.0 Å². The maximum absolute atomic E-state index is 3.50. The molecule has 3 rings (SSSR count). The summed E-state index contributed by atoms with van der Waals surface area (Å²) in [4.78, 5) is 5.35. The van der Waals surface area contributed by atoms with Crippen LogP contribution < -0.4 is 0 Å². The van der Waals surface area contributed by atoms with Crippen molar-refractivity contribution in [1.29, 1.82) is 0 Å². The lowest BCUT2D eigenvalue weighted by molar-refractivity contribution is 0.0755. The summed E-state index contributed by atoms with van der Waals surface area (Å²) in [7, 11) is 0. The van der Waals surface area contributed by atoms with Crippen LogP contribution >= 0.6 is 15.9 Å². The third kappa shape index (κ3) is 3.84. The molecule has 110 valence electrons. The topological polar surface area (TPSA) is 6.48 Å². The van der Waals surface area contributed by atoms with Gasteiger partial charge in [0, 0.05) is 43.2 Å². The van der Waals surface area contributed by atoms with E-state index in [0.29, 0.717) is 0 Å². The molecule has 0 spiro atoms. The molecule has 0 aromatic heterocycles. The summed E-state index contributed by atoms with van der Waals surface area (Å²) in [5.74, 6) is 0. The molecule has 0 unspecified atom stereocenters. The summed E-state index contributed by atoms with van der Waals surface area (Å²) in [6, 6.07) is 9.65. The first kappa shape index (κ1) is 14.6. The third-order valence-electron chi connectivity index (χ3n) is 4.82. The maximum Gasteiger partial charge on any atom is 0.0234 e. The fourth-order valence-electron chi connectivity index (χ4n) is 3.58. The van der Waals surface area contributed by atoms with Gasteiger partial charge < -0.3 is 0 Å². The predicted octanol–water partition coefficient (Wildman–Crippen LogP) is 3.90. The molecule has 1 aromatic carbocycles. The van der Waals surface area contributed by atoms with E-state index in [1.807, 2.05) is 0 Å². The third-order valence-corrected chi connectivity index (χ3v) is 5.35. The Morgan fingerprint density at radius 2 is 1.55 bits per heavy atom. The van der Waals surface area contributed by atoms with Crippen molar-refractivity contribution < 1.29 is 0 Å². The molecule has 0 bridgehead atoms. The molecular weight excluding hydrogens is 312 g/mol. The Morgan fingerprint density at radius 3 is 2.20 bits per heavy atom. The van der Waals surface area contributed by atoms with Gasteiger partial charge in [0.15, 0.2) is 0 Å². The van der Waals surface area contributed by atoms with E-state index in [9.17, 15) is 0 Å². The molecule has 3 heteroatoms. The lowest BCUT2D eigenvalue weighted by atomic mass is 9.94. The van der Waals surface area contributed by atoms with E-state index in [1.165, 1.54) is 68.3 Å². The largest absolute Gasteiger partial charge is 0.298 e. The highest BCUT2D eigenvalue weighted by molar-refractivity contribution is 9.10. The fourth-order valence-corrected chi connectivity index (χ4v) is 3.85. The van der Waals surface area contributed by atoms with Crippen LogP contribution in [0.15, 0.2) is 28.7 Å². The van der Waals surface area contributed by atoms with Crippen molar-refractivity contribution in [2.45, 2.75) is 44.7 Å². The van der Waals surface area contributed by atoms with Crippen molar-refractivity contribution >= 4 is 15.9 Å². The van der Waals surface area contributed by atoms with Gasteiger partial charge in [-0.15, -0.1) is 0 Å². The Hall–Kier alpha value is -0.380. The van der Waals surface area contributed by atoms with E-state index in [-0.39, 0.29) is 0 Å². The first-order valence-electron chi connectivity index (χ1n) is 8.02. The van der Waals surface area contributed by atoms with Gasteiger partial charge in [-0.25, -0.2) is 0 Å². The second-order valence-corrected chi connectivity index (χ2v) is 7.15. The molecule has 0 radical (unpaired) electrons. The zero-order valence-corrected chi connectivity index (χ0v) is 13.8. The van der Waals surface area contributed by atoms with Gasteiger partial charge in [0.1, 0.15) is 0 Å². The van der Waals surface area contributed by atoms with Crippen molar-refractivity contribution in [3.63, 3.8) is 0 Å².